The third kappa shape index (κ3) is 6.07. The average Bonchev–Trinajstić information content (AvgIpc) is 2.82. The summed E-state index contributed by atoms with van der Waals surface area (Å²) in [6, 6.07) is 20.1. The molecule has 0 radical (unpaired) electrons. The van der Waals surface area contributed by atoms with Crippen LogP contribution in [0.15, 0.2) is 71.0 Å². The largest absolute Gasteiger partial charge is 0.395 e. The summed E-state index contributed by atoms with van der Waals surface area (Å²) >= 11 is 0. The highest BCUT2D eigenvalue weighted by molar-refractivity contribution is 6.11. The lowest BCUT2D eigenvalue weighted by molar-refractivity contribution is -0.0000659. The van der Waals surface area contributed by atoms with E-state index in [9.17, 15) is 0 Å². The number of fused-ring (bicyclic) bond motifs is 1. The lowest BCUT2D eigenvalue weighted by Crippen LogP contribution is -2.25. The molecule has 34 heavy (non-hydrogen) atoms. The summed E-state index contributed by atoms with van der Waals surface area (Å²) in [4.78, 5) is 20.9. The van der Waals surface area contributed by atoms with Gasteiger partial charge in [0.05, 0.1) is 11.4 Å². The van der Waals surface area contributed by atoms with Crippen LogP contribution in [0, 0.1) is 19.3 Å². The Morgan fingerprint density at radius 1 is 0.853 bits per heavy atom. The van der Waals surface area contributed by atoms with E-state index in [0.29, 0.717) is 18.9 Å². The van der Waals surface area contributed by atoms with Crippen molar-refractivity contribution < 1.29 is 9.68 Å². The minimum Gasteiger partial charge on any atom is -0.395 e. The van der Waals surface area contributed by atoms with Crippen molar-refractivity contribution in [2.75, 3.05) is 13.2 Å². The molecular weight excluding hydrogens is 424 g/mol. The van der Waals surface area contributed by atoms with Crippen molar-refractivity contribution >= 4 is 11.4 Å². The van der Waals surface area contributed by atoms with Gasteiger partial charge >= 0.3 is 0 Å². The molecule has 3 aromatic rings. The minimum absolute atomic E-state index is 0.285. The quantitative estimate of drug-likeness (QED) is 0.325. The van der Waals surface area contributed by atoms with Crippen molar-refractivity contribution in [3.05, 3.63) is 94.6 Å². The summed E-state index contributed by atoms with van der Waals surface area (Å²) in [7, 11) is 0. The molecule has 0 atom stereocenters. The van der Waals surface area contributed by atoms with Gasteiger partial charge in [0, 0.05) is 22.4 Å². The molecule has 1 aromatic carbocycles. The Morgan fingerprint density at radius 3 is 2.41 bits per heavy atom. The maximum atomic E-state index is 5.83. The Bertz CT molecular complexity index is 1190. The zero-order valence-corrected chi connectivity index (χ0v) is 20.4. The van der Waals surface area contributed by atoms with E-state index in [2.05, 4.69) is 46.3 Å². The molecule has 4 rings (SSSR count). The fourth-order valence-corrected chi connectivity index (χ4v) is 3.81. The van der Waals surface area contributed by atoms with Gasteiger partial charge in [-0.1, -0.05) is 66.6 Å². The molecule has 0 N–H and O–H groups in total. The van der Waals surface area contributed by atoms with Gasteiger partial charge in [0.15, 0.2) is 0 Å². The zero-order chi connectivity index (χ0) is 24.0. The maximum Gasteiger partial charge on any atom is 0.135 e. The lowest BCUT2D eigenvalue weighted by Gasteiger charge is -2.22. The third-order valence-corrected chi connectivity index (χ3v) is 5.67. The van der Waals surface area contributed by atoms with Crippen molar-refractivity contribution in [3.8, 4) is 0 Å². The summed E-state index contributed by atoms with van der Waals surface area (Å²) in [6.45, 7) is 8.92. The van der Waals surface area contributed by atoms with Crippen molar-refractivity contribution in [3.63, 3.8) is 0 Å². The molecule has 0 bridgehead atoms. The Labute approximate surface area is 201 Å². The molecule has 1 aliphatic rings. The second-order valence-electron chi connectivity index (χ2n) is 9.53. The van der Waals surface area contributed by atoms with Crippen LogP contribution in [-0.2, 0) is 16.1 Å². The Balaban J connectivity index is 1.42. The molecule has 6 nitrogen and oxygen atoms in total. The van der Waals surface area contributed by atoms with Gasteiger partial charge in [-0.2, -0.15) is 0 Å². The highest BCUT2D eigenvalue weighted by atomic mass is 16.6. The first kappa shape index (κ1) is 23.6. The summed E-state index contributed by atoms with van der Waals surface area (Å²) in [6.07, 6.45) is 2.99. The number of aryl methyl sites for hydroxylation is 3. The van der Waals surface area contributed by atoms with E-state index >= 15 is 0 Å². The minimum atomic E-state index is -0.285. The van der Waals surface area contributed by atoms with E-state index < -0.39 is 0 Å². The average molecular weight is 457 g/mol. The highest BCUT2D eigenvalue weighted by Gasteiger charge is 2.22. The molecule has 0 amide bonds. The molecule has 0 fully saturated rings. The summed E-state index contributed by atoms with van der Waals surface area (Å²) in [5.41, 5.74) is 7.24. The second kappa shape index (κ2) is 10.6. The molecule has 6 heteroatoms. The van der Waals surface area contributed by atoms with E-state index in [1.807, 2.05) is 62.4 Å². The van der Waals surface area contributed by atoms with E-state index in [4.69, 9.17) is 9.68 Å². The first-order valence-electron chi connectivity index (χ1n) is 11.8. The van der Waals surface area contributed by atoms with E-state index in [0.717, 1.165) is 53.3 Å². The van der Waals surface area contributed by atoms with Crippen LogP contribution in [0.2, 0.25) is 0 Å². The predicted octanol–water partition coefficient (Wildman–Crippen LogP) is 5.65. The molecule has 2 aromatic heterocycles. The van der Waals surface area contributed by atoms with Crippen LogP contribution in [-0.4, -0.2) is 34.6 Å². The molecule has 176 valence electrons. The summed E-state index contributed by atoms with van der Waals surface area (Å²) in [5, 5.41) is 8.93. The van der Waals surface area contributed by atoms with Gasteiger partial charge in [0.2, 0.25) is 0 Å². The smallest absolute Gasteiger partial charge is 0.135 e. The van der Waals surface area contributed by atoms with E-state index in [-0.39, 0.29) is 5.41 Å². The SMILES string of the molecule is Cc1cccc(/C(=N\OCC(C)(C)CO/N=C2\CCCc3ccc(C)nc32)c2ccccc2)n1. The van der Waals surface area contributed by atoms with Crippen LogP contribution in [0.1, 0.15) is 60.6 Å². The molecular formula is C28H32N4O2. The lowest BCUT2D eigenvalue weighted by atomic mass is 9.94. The first-order valence-corrected chi connectivity index (χ1v) is 11.8. The van der Waals surface area contributed by atoms with Crippen molar-refractivity contribution in [1.82, 2.24) is 9.97 Å². The Morgan fingerprint density at radius 2 is 1.62 bits per heavy atom. The Hall–Kier alpha value is -3.54. The molecule has 0 aliphatic heterocycles. The molecule has 1 aliphatic carbocycles. The molecule has 2 heterocycles. The molecule has 0 saturated carbocycles. The van der Waals surface area contributed by atoms with Gasteiger partial charge in [-0.15, -0.1) is 0 Å². The van der Waals surface area contributed by atoms with Crippen LogP contribution in [0.4, 0.5) is 0 Å². The normalized spacial score (nSPS) is 15.2. The van der Waals surface area contributed by atoms with Crippen LogP contribution in [0.3, 0.4) is 0 Å². The number of aromatic nitrogens is 2. The molecule has 0 saturated heterocycles. The second-order valence-corrected chi connectivity index (χ2v) is 9.53. The van der Waals surface area contributed by atoms with Crippen LogP contribution < -0.4 is 0 Å². The van der Waals surface area contributed by atoms with Gasteiger partial charge in [-0.25, -0.2) is 0 Å². The fraction of sp³-hybridized carbons (Fsp3) is 0.357. The molecule has 0 spiro atoms. The van der Waals surface area contributed by atoms with Crippen LogP contribution in [0.5, 0.6) is 0 Å². The maximum absolute atomic E-state index is 5.83. The van der Waals surface area contributed by atoms with E-state index in [1.54, 1.807) is 0 Å². The number of oxime groups is 2. The van der Waals surface area contributed by atoms with Crippen molar-refractivity contribution in [1.29, 1.82) is 0 Å². The summed E-state index contributed by atoms with van der Waals surface area (Å²) < 4.78 is 0. The predicted molar refractivity (Wildman–Crippen MR) is 135 cm³/mol. The van der Waals surface area contributed by atoms with Gasteiger partial charge in [0.1, 0.15) is 24.6 Å². The van der Waals surface area contributed by atoms with Crippen LogP contribution in [0.25, 0.3) is 0 Å². The van der Waals surface area contributed by atoms with Gasteiger partial charge < -0.3 is 9.68 Å². The first-order chi connectivity index (χ1) is 16.4. The van der Waals surface area contributed by atoms with Gasteiger partial charge in [-0.05, 0) is 56.9 Å². The van der Waals surface area contributed by atoms with E-state index in [1.165, 1.54) is 5.56 Å². The fourth-order valence-electron chi connectivity index (χ4n) is 3.81. The summed E-state index contributed by atoms with van der Waals surface area (Å²) in [5.74, 6) is 0. The number of rotatable bonds is 8. The number of hydrogen-bond acceptors (Lipinski definition) is 6. The van der Waals surface area contributed by atoms with Gasteiger partial charge in [0.25, 0.3) is 0 Å². The highest BCUT2D eigenvalue weighted by Crippen LogP contribution is 2.22. The van der Waals surface area contributed by atoms with Crippen molar-refractivity contribution in [2.24, 2.45) is 15.7 Å². The standard InChI is InChI=1S/C28H32N4O2/c1-20-10-8-14-24(29-20)27(22-11-6-5-7-12-22)32-34-19-28(3,4)18-33-31-25-15-9-13-23-17-16-21(2)30-26(23)25/h5-8,10-12,14,16-17H,9,13,15,18-19H2,1-4H3/b31-25+,32-27-. The zero-order valence-electron chi connectivity index (χ0n) is 20.4. The number of hydrogen-bond donors (Lipinski definition) is 0. The van der Waals surface area contributed by atoms with Crippen molar-refractivity contribution in [2.45, 2.75) is 47.0 Å². The third-order valence-electron chi connectivity index (χ3n) is 5.67. The topological polar surface area (TPSA) is 69.0 Å². The number of nitrogens with zero attached hydrogens (tertiary/aromatic N) is 4. The molecule has 0 unspecified atom stereocenters. The number of pyridine rings is 2. The van der Waals surface area contributed by atoms with Gasteiger partial charge in [-0.3, -0.25) is 9.97 Å². The monoisotopic (exact) mass is 456 g/mol. The Kier molecular flexibility index (Phi) is 7.36. The van der Waals surface area contributed by atoms with Crippen LogP contribution >= 0.6 is 0 Å². The number of benzene rings is 1.